The van der Waals surface area contributed by atoms with Crippen LogP contribution in [0.4, 0.5) is 5.69 Å². The van der Waals surface area contributed by atoms with Crippen LogP contribution < -0.4 is 10.6 Å². The molecule has 0 saturated heterocycles. The number of rotatable bonds is 7. The molecule has 0 unspecified atom stereocenters. The summed E-state index contributed by atoms with van der Waals surface area (Å²) < 4.78 is 5.01. The van der Waals surface area contributed by atoms with Crippen LogP contribution in [0.15, 0.2) is 36.4 Å². The molecule has 0 radical (unpaired) electrons. The molecule has 27 heavy (non-hydrogen) atoms. The van der Waals surface area contributed by atoms with Gasteiger partial charge in [-0.25, -0.2) is 4.79 Å². The molecule has 3 N–H and O–H groups in total. The van der Waals surface area contributed by atoms with E-state index in [2.05, 4.69) is 10.6 Å². The molecule has 0 saturated carbocycles. The molecule has 2 amide bonds. The zero-order chi connectivity index (χ0) is 20.0. The Hall–Kier alpha value is -3.19. The van der Waals surface area contributed by atoms with Gasteiger partial charge in [0.1, 0.15) is 0 Å². The lowest BCUT2D eigenvalue weighted by Crippen LogP contribution is -2.33. The van der Waals surface area contributed by atoms with E-state index in [1.54, 1.807) is 18.2 Å². The summed E-state index contributed by atoms with van der Waals surface area (Å²) in [6, 6.07) is 9.75. The lowest BCUT2D eigenvalue weighted by molar-refractivity contribution is -0.115. The van der Waals surface area contributed by atoms with Crippen LogP contribution in [-0.2, 0) is 16.1 Å². The fraction of sp³-hybridized carbons (Fsp3) is 0.250. The van der Waals surface area contributed by atoms with Crippen LogP contribution >= 0.6 is 0 Å². The Morgan fingerprint density at radius 1 is 1.00 bits per heavy atom. The number of benzene rings is 2. The van der Waals surface area contributed by atoms with Crippen molar-refractivity contribution in [1.29, 1.82) is 0 Å². The predicted molar refractivity (Wildman–Crippen MR) is 101 cm³/mol. The second-order valence-corrected chi connectivity index (χ2v) is 6.19. The average Bonchev–Trinajstić information content (AvgIpc) is 2.62. The van der Waals surface area contributed by atoms with Crippen LogP contribution in [0.1, 0.15) is 37.4 Å². The minimum Gasteiger partial charge on any atom is -0.478 e. The number of carboxylic acid groups (broad SMARTS) is 1. The van der Waals surface area contributed by atoms with E-state index in [0.29, 0.717) is 16.8 Å². The number of hydrogen-bond donors (Lipinski definition) is 3. The topological polar surface area (TPSA) is 105 Å². The van der Waals surface area contributed by atoms with Crippen LogP contribution in [0, 0.1) is 13.8 Å². The van der Waals surface area contributed by atoms with Crippen LogP contribution in [-0.4, -0.2) is 36.5 Å². The van der Waals surface area contributed by atoms with Crippen molar-refractivity contribution in [1.82, 2.24) is 5.32 Å². The van der Waals surface area contributed by atoms with Gasteiger partial charge in [-0.05, 0) is 60.9 Å². The summed E-state index contributed by atoms with van der Waals surface area (Å²) >= 11 is 0. The summed E-state index contributed by atoms with van der Waals surface area (Å²) in [6.45, 7) is 3.84. The first-order valence-corrected chi connectivity index (χ1v) is 8.31. The zero-order valence-electron chi connectivity index (χ0n) is 15.5. The van der Waals surface area contributed by atoms with Crippen molar-refractivity contribution < 1.29 is 24.2 Å². The van der Waals surface area contributed by atoms with Gasteiger partial charge in [0.2, 0.25) is 5.91 Å². The van der Waals surface area contributed by atoms with Crippen molar-refractivity contribution in [2.75, 3.05) is 19.0 Å². The van der Waals surface area contributed by atoms with Gasteiger partial charge in [0.25, 0.3) is 5.91 Å². The van der Waals surface area contributed by atoms with E-state index in [1.165, 1.54) is 19.2 Å². The third kappa shape index (κ3) is 5.65. The first-order valence-electron chi connectivity index (χ1n) is 8.31. The molecule has 0 spiro atoms. The normalized spacial score (nSPS) is 10.3. The van der Waals surface area contributed by atoms with Crippen molar-refractivity contribution in [2.45, 2.75) is 20.5 Å². The maximum Gasteiger partial charge on any atom is 0.335 e. The average molecular weight is 370 g/mol. The summed E-state index contributed by atoms with van der Waals surface area (Å²) in [5, 5.41) is 14.3. The molecule has 0 aliphatic carbocycles. The Morgan fingerprint density at radius 2 is 1.74 bits per heavy atom. The fourth-order valence-corrected chi connectivity index (χ4v) is 2.49. The Balaban J connectivity index is 2.01. The van der Waals surface area contributed by atoms with Crippen molar-refractivity contribution in [3.63, 3.8) is 0 Å². The predicted octanol–water partition coefficient (Wildman–Crippen LogP) is 2.52. The van der Waals surface area contributed by atoms with Crippen molar-refractivity contribution in [3.8, 4) is 0 Å². The van der Waals surface area contributed by atoms with E-state index in [4.69, 9.17) is 9.84 Å². The molecule has 0 aliphatic rings. The largest absolute Gasteiger partial charge is 0.478 e. The molecule has 2 aromatic rings. The molecule has 0 heterocycles. The van der Waals surface area contributed by atoms with Crippen LogP contribution in [0.2, 0.25) is 0 Å². The van der Waals surface area contributed by atoms with Crippen molar-refractivity contribution in [3.05, 3.63) is 64.2 Å². The van der Waals surface area contributed by atoms with Gasteiger partial charge < -0.3 is 20.5 Å². The Labute approximate surface area is 157 Å². The maximum atomic E-state index is 12.2. The van der Waals surface area contributed by atoms with Crippen LogP contribution in [0.25, 0.3) is 0 Å². The fourth-order valence-electron chi connectivity index (χ4n) is 2.49. The first kappa shape index (κ1) is 20.1. The number of hydrogen-bond acceptors (Lipinski definition) is 4. The molecule has 0 atom stereocenters. The Bertz CT molecular complexity index is 877. The standard InChI is InChI=1S/C20H22N2O5/c1-12-4-5-15(6-13(12)2)19(24)21-10-18(23)22-17-8-14(11-27-3)7-16(9-17)20(25)26/h4-9H,10-11H2,1-3H3,(H,21,24)(H,22,23)(H,25,26). The minimum absolute atomic E-state index is 0.0408. The van der Waals surface area contributed by atoms with E-state index >= 15 is 0 Å². The summed E-state index contributed by atoms with van der Waals surface area (Å²) in [6.07, 6.45) is 0. The smallest absolute Gasteiger partial charge is 0.335 e. The molecule has 2 rings (SSSR count). The van der Waals surface area contributed by atoms with Gasteiger partial charge in [-0.1, -0.05) is 6.07 Å². The monoisotopic (exact) mass is 370 g/mol. The Morgan fingerprint density at radius 3 is 2.37 bits per heavy atom. The van der Waals surface area contributed by atoms with E-state index in [9.17, 15) is 14.4 Å². The van der Waals surface area contributed by atoms with E-state index < -0.39 is 11.9 Å². The van der Waals surface area contributed by atoms with Gasteiger partial charge in [-0.3, -0.25) is 9.59 Å². The Kier molecular flexibility index (Phi) is 6.67. The highest BCUT2D eigenvalue weighted by Crippen LogP contribution is 2.16. The van der Waals surface area contributed by atoms with Gasteiger partial charge >= 0.3 is 5.97 Å². The summed E-state index contributed by atoms with van der Waals surface area (Å²) in [7, 11) is 1.49. The van der Waals surface area contributed by atoms with Gasteiger partial charge in [-0.2, -0.15) is 0 Å². The van der Waals surface area contributed by atoms with Crippen LogP contribution in [0.3, 0.4) is 0 Å². The van der Waals surface area contributed by atoms with Gasteiger partial charge in [0.05, 0.1) is 18.7 Å². The third-order valence-electron chi connectivity index (χ3n) is 4.01. The highest BCUT2D eigenvalue weighted by Gasteiger charge is 2.12. The van der Waals surface area contributed by atoms with Gasteiger partial charge in [0.15, 0.2) is 0 Å². The molecule has 0 aliphatic heterocycles. The number of carboxylic acids is 1. The molecule has 0 fully saturated rings. The first-order chi connectivity index (χ1) is 12.8. The second kappa shape index (κ2) is 8.95. The van der Waals surface area contributed by atoms with E-state index in [1.807, 2.05) is 19.9 Å². The SMILES string of the molecule is COCc1cc(NC(=O)CNC(=O)c2ccc(C)c(C)c2)cc(C(=O)O)c1. The van der Waals surface area contributed by atoms with Crippen LogP contribution in [0.5, 0.6) is 0 Å². The molecule has 7 heteroatoms. The molecule has 2 aromatic carbocycles. The maximum absolute atomic E-state index is 12.2. The number of aromatic carboxylic acids is 1. The zero-order valence-corrected chi connectivity index (χ0v) is 15.5. The molecule has 0 bridgehead atoms. The number of ether oxygens (including phenoxy) is 1. The highest BCUT2D eigenvalue weighted by molar-refractivity contribution is 6.00. The number of nitrogens with one attached hydrogen (secondary N) is 2. The number of anilines is 1. The highest BCUT2D eigenvalue weighted by atomic mass is 16.5. The van der Waals surface area contributed by atoms with Gasteiger partial charge in [-0.15, -0.1) is 0 Å². The van der Waals surface area contributed by atoms with E-state index in [-0.39, 0.29) is 24.6 Å². The number of methoxy groups -OCH3 is 1. The molecular formula is C20H22N2O5. The summed E-state index contributed by atoms with van der Waals surface area (Å²) in [5.41, 5.74) is 3.53. The number of amides is 2. The van der Waals surface area contributed by atoms with Gasteiger partial charge in [0, 0.05) is 18.4 Å². The lowest BCUT2D eigenvalue weighted by atomic mass is 10.1. The molecule has 0 aromatic heterocycles. The van der Waals surface area contributed by atoms with E-state index in [0.717, 1.165) is 11.1 Å². The molecular weight excluding hydrogens is 348 g/mol. The number of aryl methyl sites for hydroxylation is 2. The minimum atomic E-state index is -1.11. The summed E-state index contributed by atoms with van der Waals surface area (Å²) in [5.74, 6) is -1.92. The third-order valence-corrected chi connectivity index (χ3v) is 4.01. The number of carbonyl (C=O) groups is 3. The summed E-state index contributed by atoms with van der Waals surface area (Å²) in [4.78, 5) is 35.5. The molecule has 7 nitrogen and oxygen atoms in total. The van der Waals surface area contributed by atoms with Crippen molar-refractivity contribution >= 4 is 23.5 Å². The lowest BCUT2D eigenvalue weighted by Gasteiger charge is -2.10. The van der Waals surface area contributed by atoms with Crippen molar-refractivity contribution in [2.24, 2.45) is 0 Å². The number of carbonyl (C=O) groups excluding carboxylic acids is 2. The quantitative estimate of drug-likeness (QED) is 0.695. The molecule has 142 valence electrons. The second-order valence-electron chi connectivity index (χ2n) is 6.19.